The van der Waals surface area contributed by atoms with Crippen molar-refractivity contribution in [1.29, 1.82) is 0 Å². The second kappa shape index (κ2) is 11.1. The molecule has 0 aromatic heterocycles. The van der Waals surface area contributed by atoms with Crippen LogP contribution in [0.15, 0.2) is 72.8 Å². The zero-order valence-corrected chi connectivity index (χ0v) is 19.5. The van der Waals surface area contributed by atoms with Crippen molar-refractivity contribution >= 4 is 7.82 Å². The predicted molar refractivity (Wildman–Crippen MR) is 103 cm³/mol. The second-order valence-corrected chi connectivity index (χ2v) is 7.60. The Labute approximate surface area is 197 Å². The topological polar surface area (TPSA) is 44.8 Å². The molecule has 0 spiro atoms. The van der Waals surface area contributed by atoms with Crippen molar-refractivity contribution in [2.24, 2.45) is 0 Å². The van der Waals surface area contributed by atoms with Gasteiger partial charge in [0.1, 0.15) is 17.2 Å². The van der Waals surface area contributed by atoms with Crippen LogP contribution < -0.4 is 13.6 Å². The van der Waals surface area contributed by atoms with E-state index < -0.39 is 7.82 Å². The SMILES string of the molecule is Cc1ccc(OP(=O)(Oc2ccc(C)cc2)Oc2ccc(C)cc2)cc1.[Ag].[Ag]. The van der Waals surface area contributed by atoms with Crippen LogP contribution in [0.5, 0.6) is 17.2 Å². The Morgan fingerprint density at radius 3 is 0.929 bits per heavy atom. The summed E-state index contributed by atoms with van der Waals surface area (Å²) in [4.78, 5) is 0. The monoisotopic (exact) mass is 582 g/mol. The molecular formula is C21H21Ag2O4P. The van der Waals surface area contributed by atoms with Gasteiger partial charge in [0.2, 0.25) is 0 Å². The van der Waals surface area contributed by atoms with Crippen LogP contribution in [0.3, 0.4) is 0 Å². The number of rotatable bonds is 6. The molecule has 28 heavy (non-hydrogen) atoms. The molecule has 0 unspecified atom stereocenters. The van der Waals surface area contributed by atoms with Gasteiger partial charge < -0.3 is 13.6 Å². The largest absolute Gasteiger partial charge is 0.647 e. The summed E-state index contributed by atoms with van der Waals surface area (Å²) in [6.45, 7) is 5.90. The summed E-state index contributed by atoms with van der Waals surface area (Å²) < 4.78 is 30.2. The third-order valence-corrected chi connectivity index (χ3v) is 5.02. The molecule has 0 amide bonds. The normalized spacial score (nSPS) is 10.2. The van der Waals surface area contributed by atoms with E-state index in [-0.39, 0.29) is 44.8 Å². The van der Waals surface area contributed by atoms with E-state index in [9.17, 15) is 4.57 Å². The van der Waals surface area contributed by atoms with Gasteiger partial charge in [0.05, 0.1) is 0 Å². The Hall–Kier alpha value is -1.23. The van der Waals surface area contributed by atoms with E-state index in [0.29, 0.717) is 17.2 Å². The standard InChI is InChI=1S/C21H21O4P.2Ag/c1-16-4-10-19(11-5-16)23-26(22,24-20-12-6-17(2)7-13-20)25-21-14-8-18(3)9-15-21;;/h4-15H,1-3H3;;. The van der Waals surface area contributed by atoms with Crippen LogP contribution >= 0.6 is 7.82 Å². The number of hydrogen-bond donors (Lipinski definition) is 0. The van der Waals surface area contributed by atoms with E-state index in [1.807, 2.05) is 57.2 Å². The first-order valence-corrected chi connectivity index (χ1v) is 9.77. The molecule has 3 aromatic carbocycles. The average molecular weight is 584 g/mol. The van der Waals surface area contributed by atoms with Gasteiger partial charge in [-0.3, -0.25) is 0 Å². The summed E-state index contributed by atoms with van der Waals surface area (Å²) in [6.07, 6.45) is 0. The first-order chi connectivity index (χ1) is 12.4. The van der Waals surface area contributed by atoms with Gasteiger partial charge in [-0.2, -0.15) is 4.57 Å². The summed E-state index contributed by atoms with van der Waals surface area (Å²) in [6, 6.07) is 21.6. The third kappa shape index (κ3) is 7.31. The van der Waals surface area contributed by atoms with Crippen LogP contribution in [0.1, 0.15) is 16.7 Å². The van der Waals surface area contributed by atoms with Gasteiger partial charge in [-0.1, -0.05) is 53.1 Å². The molecule has 2 radical (unpaired) electrons. The quantitative estimate of drug-likeness (QED) is 0.254. The Kier molecular flexibility index (Phi) is 9.82. The molecule has 0 heterocycles. The van der Waals surface area contributed by atoms with Crippen molar-refractivity contribution in [3.05, 3.63) is 89.5 Å². The molecule has 156 valence electrons. The zero-order valence-electron chi connectivity index (χ0n) is 15.6. The van der Waals surface area contributed by atoms with Crippen molar-refractivity contribution in [1.82, 2.24) is 0 Å². The van der Waals surface area contributed by atoms with E-state index in [4.69, 9.17) is 13.6 Å². The fraction of sp³-hybridized carbons (Fsp3) is 0.143. The molecule has 4 nitrogen and oxygen atoms in total. The molecule has 0 fully saturated rings. The summed E-state index contributed by atoms with van der Waals surface area (Å²) in [7, 11) is -3.93. The molecule has 0 N–H and O–H groups in total. The van der Waals surface area contributed by atoms with Crippen molar-refractivity contribution in [3.8, 4) is 17.2 Å². The van der Waals surface area contributed by atoms with Gasteiger partial charge in [0, 0.05) is 44.8 Å². The molecule has 0 aliphatic rings. The molecule has 3 rings (SSSR count). The molecule has 7 heteroatoms. The molecule has 3 aromatic rings. The molecular weight excluding hydrogens is 563 g/mol. The summed E-state index contributed by atoms with van der Waals surface area (Å²) >= 11 is 0. The summed E-state index contributed by atoms with van der Waals surface area (Å²) in [5.74, 6) is 1.24. The van der Waals surface area contributed by atoms with Crippen molar-refractivity contribution in [3.63, 3.8) is 0 Å². The maximum atomic E-state index is 13.3. The van der Waals surface area contributed by atoms with Crippen molar-refractivity contribution in [2.45, 2.75) is 20.8 Å². The van der Waals surface area contributed by atoms with Crippen LogP contribution in [0.2, 0.25) is 0 Å². The first kappa shape index (κ1) is 24.8. The molecule has 0 aliphatic heterocycles. The minimum Gasteiger partial charge on any atom is -0.386 e. The van der Waals surface area contributed by atoms with Crippen LogP contribution in [0.4, 0.5) is 0 Å². The minimum absolute atomic E-state index is 0. The average Bonchev–Trinajstić information content (AvgIpc) is 2.61. The number of aryl methyl sites for hydroxylation is 3. The maximum Gasteiger partial charge on any atom is 0.647 e. The maximum absolute atomic E-state index is 13.3. The third-order valence-electron chi connectivity index (χ3n) is 3.71. The van der Waals surface area contributed by atoms with Gasteiger partial charge in [-0.25, -0.2) is 0 Å². The van der Waals surface area contributed by atoms with Crippen molar-refractivity contribution < 1.29 is 62.9 Å². The van der Waals surface area contributed by atoms with Crippen LogP contribution in [-0.4, -0.2) is 0 Å². The first-order valence-electron chi connectivity index (χ1n) is 8.31. The van der Waals surface area contributed by atoms with Crippen LogP contribution in [0, 0.1) is 20.8 Å². The number of phosphoric acid groups is 1. The summed E-state index contributed by atoms with van der Waals surface area (Å²) in [5, 5.41) is 0. The predicted octanol–water partition coefficient (Wildman–Crippen LogP) is 6.25. The van der Waals surface area contributed by atoms with Gasteiger partial charge in [0.15, 0.2) is 0 Å². The number of benzene rings is 3. The second-order valence-electron chi connectivity index (χ2n) is 6.16. The van der Waals surface area contributed by atoms with Gasteiger partial charge in [-0.05, 0) is 57.2 Å². The Bertz CT molecular complexity index is 788. The number of hydrogen-bond acceptors (Lipinski definition) is 4. The van der Waals surface area contributed by atoms with Gasteiger partial charge in [0.25, 0.3) is 0 Å². The van der Waals surface area contributed by atoms with E-state index in [1.165, 1.54) is 0 Å². The molecule has 0 aliphatic carbocycles. The van der Waals surface area contributed by atoms with E-state index in [2.05, 4.69) is 0 Å². The van der Waals surface area contributed by atoms with E-state index >= 15 is 0 Å². The fourth-order valence-electron chi connectivity index (χ4n) is 2.24. The Morgan fingerprint density at radius 2 is 0.714 bits per heavy atom. The number of phosphoric ester groups is 1. The van der Waals surface area contributed by atoms with Gasteiger partial charge in [-0.15, -0.1) is 0 Å². The molecule has 0 bridgehead atoms. The smallest absolute Gasteiger partial charge is 0.386 e. The van der Waals surface area contributed by atoms with Crippen molar-refractivity contribution in [2.75, 3.05) is 0 Å². The van der Waals surface area contributed by atoms with Crippen LogP contribution in [-0.2, 0) is 49.3 Å². The Morgan fingerprint density at radius 1 is 0.500 bits per heavy atom. The van der Waals surface area contributed by atoms with Gasteiger partial charge >= 0.3 is 7.82 Å². The molecule has 0 saturated carbocycles. The minimum atomic E-state index is -3.93. The van der Waals surface area contributed by atoms with E-state index in [0.717, 1.165) is 16.7 Å². The zero-order chi connectivity index (χ0) is 18.6. The summed E-state index contributed by atoms with van der Waals surface area (Å²) in [5.41, 5.74) is 3.23. The van der Waals surface area contributed by atoms with E-state index in [1.54, 1.807) is 36.4 Å². The Balaban J connectivity index is 0.00000196. The fourth-order valence-corrected chi connectivity index (χ4v) is 3.49. The molecule has 0 saturated heterocycles. The molecule has 0 atom stereocenters. The van der Waals surface area contributed by atoms with Crippen LogP contribution in [0.25, 0.3) is 0 Å².